The third-order valence-corrected chi connectivity index (χ3v) is 5.67. The van der Waals surface area contributed by atoms with Crippen LogP contribution >= 0.6 is 0 Å². The Hall–Kier alpha value is -4.26. The van der Waals surface area contributed by atoms with Gasteiger partial charge in [0.1, 0.15) is 12.4 Å². The number of nitrogens with zero attached hydrogens (tertiary/aromatic N) is 3. The Bertz CT molecular complexity index is 1320. The van der Waals surface area contributed by atoms with Gasteiger partial charge in [0.15, 0.2) is 0 Å². The Balaban J connectivity index is 1.62. The third-order valence-electron chi connectivity index (χ3n) is 5.67. The number of hydrogen-bond donors (Lipinski definition) is 1. The van der Waals surface area contributed by atoms with Gasteiger partial charge in [0.2, 0.25) is 17.8 Å². The minimum Gasteiger partial charge on any atom is -0.329 e. The SMILES string of the molecule is CCC(=O)N(CC(=O)Nc1nc(-c2ccccc2)cn1-c1ccc(C)c(F)c1)Cc1ccccc1. The van der Waals surface area contributed by atoms with Crippen molar-refractivity contribution in [3.05, 3.63) is 102 Å². The lowest BCUT2D eigenvalue weighted by Crippen LogP contribution is -2.37. The zero-order valence-corrected chi connectivity index (χ0v) is 19.7. The van der Waals surface area contributed by atoms with Crippen molar-refractivity contribution in [1.29, 1.82) is 0 Å². The van der Waals surface area contributed by atoms with E-state index >= 15 is 0 Å². The van der Waals surface area contributed by atoms with Crippen LogP contribution in [0.5, 0.6) is 0 Å². The number of aromatic nitrogens is 2. The van der Waals surface area contributed by atoms with E-state index in [0.29, 0.717) is 23.5 Å². The van der Waals surface area contributed by atoms with Crippen molar-refractivity contribution in [1.82, 2.24) is 14.5 Å². The Morgan fingerprint density at radius 1 is 1.00 bits per heavy atom. The van der Waals surface area contributed by atoms with Crippen molar-refractivity contribution in [3.8, 4) is 16.9 Å². The number of rotatable bonds is 8. The number of hydrogen-bond acceptors (Lipinski definition) is 3. The summed E-state index contributed by atoms with van der Waals surface area (Å²) >= 11 is 0. The van der Waals surface area contributed by atoms with Crippen molar-refractivity contribution < 1.29 is 14.0 Å². The molecule has 0 unspecified atom stereocenters. The smallest absolute Gasteiger partial charge is 0.246 e. The van der Waals surface area contributed by atoms with Gasteiger partial charge in [-0.1, -0.05) is 73.7 Å². The molecule has 35 heavy (non-hydrogen) atoms. The molecule has 0 aliphatic heterocycles. The molecule has 1 N–H and O–H groups in total. The van der Waals surface area contributed by atoms with Crippen LogP contribution in [-0.4, -0.2) is 32.8 Å². The third kappa shape index (κ3) is 5.81. The number of aryl methyl sites for hydroxylation is 1. The summed E-state index contributed by atoms with van der Waals surface area (Å²) in [6, 6.07) is 23.9. The van der Waals surface area contributed by atoms with E-state index in [1.54, 1.807) is 36.7 Å². The zero-order valence-electron chi connectivity index (χ0n) is 19.7. The molecular weight excluding hydrogens is 443 g/mol. The lowest BCUT2D eigenvalue weighted by atomic mass is 10.2. The van der Waals surface area contributed by atoms with Crippen LogP contribution in [0, 0.1) is 12.7 Å². The highest BCUT2D eigenvalue weighted by Crippen LogP contribution is 2.25. The van der Waals surface area contributed by atoms with E-state index in [9.17, 15) is 14.0 Å². The van der Waals surface area contributed by atoms with E-state index in [1.165, 1.54) is 11.0 Å². The summed E-state index contributed by atoms with van der Waals surface area (Å²) in [6.45, 7) is 3.66. The van der Waals surface area contributed by atoms with Gasteiger partial charge in [-0.15, -0.1) is 0 Å². The first kappa shape index (κ1) is 23.9. The molecule has 1 heterocycles. The second-order valence-electron chi connectivity index (χ2n) is 8.26. The first-order chi connectivity index (χ1) is 16.9. The molecule has 2 amide bonds. The highest BCUT2D eigenvalue weighted by Gasteiger charge is 2.19. The molecule has 0 radical (unpaired) electrons. The summed E-state index contributed by atoms with van der Waals surface area (Å²) in [6.07, 6.45) is 2.05. The highest BCUT2D eigenvalue weighted by atomic mass is 19.1. The van der Waals surface area contributed by atoms with Crippen molar-refractivity contribution in [2.24, 2.45) is 0 Å². The summed E-state index contributed by atoms with van der Waals surface area (Å²) in [4.78, 5) is 31.7. The van der Waals surface area contributed by atoms with Gasteiger partial charge < -0.3 is 4.90 Å². The molecular formula is C28H27FN4O2. The average molecular weight is 471 g/mol. The standard InChI is InChI=1S/C28H27FN4O2/c1-3-27(35)32(17-21-10-6-4-7-11-21)19-26(34)31-28-30-25(22-12-8-5-9-13-22)18-33(28)23-15-14-20(2)24(29)16-23/h4-16,18H,3,17,19H2,1-2H3,(H,30,31,34). The fraction of sp³-hybridized carbons (Fsp3) is 0.179. The van der Waals surface area contributed by atoms with E-state index in [2.05, 4.69) is 10.3 Å². The predicted octanol–water partition coefficient (Wildman–Crippen LogP) is 5.36. The van der Waals surface area contributed by atoms with Crippen molar-refractivity contribution in [2.75, 3.05) is 11.9 Å². The largest absolute Gasteiger partial charge is 0.329 e. The normalized spacial score (nSPS) is 10.7. The van der Waals surface area contributed by atoms with Crippen molar-refractivity contribution >= 4 is 17.8 Å². The lowest BCUT2D eigenvalue weighted by molar-refractivity contribution is -0.135. The minimum atomic E-state index is -0.387. The van der Waals surface area contributed by atoms with Gasteiger partial charge in [-0.3, -0.25) is 19.5 Å². The molecule has 4 rings (SSSR count). The number of carbonyl (C=O) groups excluding carboxylic acids is 2. The molecule has 4 aromatic rings. The molecule has 0 saturated carbocycles. The molecule has 7 heteroatoms. The van der Waals surface area contributed by atoms with Gasteiger partial charge >= 0.3 is 0 Å². The number of anilines is 1. The van der Waals surface area contributed by atoms with Crippen LogP contribution in [-0.2, 0) is 16.1 Å². The number of benzene rings is 3. The summed E-state index contributed by atoms with van der Waals surface area (Å²) in [5.41, 5.74) is 3.49. The van der Waals surface area contributed by atoms with E-state index in [4.69, 9.17) is 0 Å². The van der Waals surface area contributed by atoms with Crippen LogP contribution in [0.25, 0.3) is 16.9 Å². The molecule has 0 saturated heterocycles. The summed E-state index contributed by atoms with van der Waals surface area (Å²) in [7, 11) is 0. The Kier molecular flexibility index (Phi) is 7.35. The molecule has 178 valence electrons. The summed E-state index contributed by atoms with van der Waals surface area (Å²) in [5.74, 6) is -0.613. The molecule has 0 aliphatic carbocycles. The Labute approximate surface area is 204 Å². The molecule has 3 aromatic carbocycles. The lowest BCUT2D eigenvalue weighted by Gasteiger charge is -2.22. The first-order valence-corrected chi connectivity index (χ1v) is 11.5. The number of imidazole rings is 1. The predicted molar refractivity (Wildman–Crippen MR) is 134 cm³/mol. The van der Waals surface area contributed by atoms with Crippen LogP contribution < -0.4 is 5.32 Å². The molecule has 6 nitrogen and oxygen atoms in total. The molecule has 1 aromatic heterocycles. The van der Waals surface area contributed by atoms with Gasteiger partial charge in [0.25, 0.3) is 0 Å². The fourth-order valence-electron chi connectivity index (χ4n) is 3.74. The molecule has 0 spiro atoms. The van der Waals surface area contributed by atoms with Crippen LogP contribution in [0.4, 0.5) is 10.3 Å². The van der Waals surface area contributed by atoms with Gasteiger partial charge in [0, 0.05) is 24.7 Å². The molecule has 0 bridgehead atoms. The van der Waals surface area contributed by atoms with Crippen LogP contribution in [0.15, 0.2) is 85.1 Å². The topological polar surface area (TPSA) is 67.2 Å². The van der Waals surface area contributed by atoms with Gasteiger partial charge in [0.05, 0.1) is 11.4 Å². The Morgan fingerprint density at radius 2 is 1.69 bits per heavy atom. The van der Waals surface area contributed by atoms with Crippen LogP contribution in [0.1, 0.15) is 24.5 Å². The number of halogens is 1. The summed E-state index contributed by atoms with van der Waals surface area (Å²) in [5, 5.41) is 2.83. The van der Waals surface area contributed by atoms with Gasteiger partial charge in [-0.25, -0.2) is 9.37 Å². The van der Waals surface area contributed by atoms with Crippen molar-refractivity contribution in [3.63, 3.8) is 0 Å². The monoisotopic (exact) mass is 470 g/mol. The minimum absolute atomic E-state index is 0.127. The zero-order chi connectivity index (χ0) is 24.8. The van der Waals surface area contributed by atoms with E-state index in [-0.39, 0.29) is 36.5 Å². The first-order valence-electron chi connectivity index (χ1n) is 11.5. The fourth-order valence-corrected chi connectivity index (χ4v) is 3.74. The number of carbonyl (C=O) groups is 2. The van der Waals surface area contributed by atoms with Gasteiger partial charge in [-0.2, -0.15) is 0 Å². The maximum Gasteiger partial charge on any atom is 0.246 e. The summed E-state index contributed by atoms with van der Waals surface area (Å²) < 4.78 is 16.0. The molecule has 0 fully saturated rings. The quantitative estimate of drug-likeness (QED) is 0.377. The highest BCUT2D eigenvalue weighted by molar-refractivity contribution is 5.93. The second kappa shape index (κ2) is 10.8. The number of amides is 2. The van der Waals surface area contributed by atoms with Crippen LogP contribution in [0.3, 0.4) is 0 Å². The second-order valence-corrected chi connectivity index (χ2v) is 8.26. The number of nitrogens with one attached hydrogen (secondary N) is 1. The van der Waals surface area contributed by atoms with E-state index in [0.717, 1.165) is 11.1 Å². The molecule has 0 atom stereocenters. The average Bonchev–Trinajstić information content (AvgIpc) is 3.29. The maximum absolute atomic E-state index is 14.3. The van der Waals surface area contributed by atoms with Gasteiger partial charge in [-0.05, 0) is 30.2 Å². The van der Waals surface area contributed by atoms with E-state index in [1.807, 2.05) is 60.7 Å². The van der Waals surface area contributed by atoms with Crippen molar-refractivity contribution in [2.45, 2.75) is 26.8 Å². The Morgan fingerprint density at radius 3 is 2.34 bits per heavy atom. The maximum atomic E-state index is 14.3. The van der Waals surface area contributed by atoms with E-state index < -0.39 is 0 Å². The molecule has 0 aliphatic rings. The van der Waals surface area contributed by atoms with Crippen LogP contribution in [0.2, 0.25) is 0 Å².